The number of rotatable bonds is 0. The Morgan fingerprint density at radius 1 is 1.09 bits per heavy atom. The fraction of sp³-hybridized carbons (Fsp3) is 0.222. The van der Waals surface area contributed by atoms with Crippen LogP contribution in [0.15, 0.2) is 53.5 Å². The first-order chi connectivity index (χ1) is 10.8. The van der Waals surface area contributed by atoms with Gasteiger partial charge in [-0.1, -0.05) is 30.3 Å². The molecule has 1 saturated heterocycles. The summed E-state index contributed by atoms with van der Waals surface area (Å²) >= 11 is 0. The minimum atomic E-state index is -0.919. The van der Waals surface area contributed by atoms with E-state index in [0.29, 0.717) is 17.7 Å². The van der Waals surface area contributed by atoms with Crippen LogP contribution in [0.4, 0.5) is 5.69 Å². The average Bonchev–Trinajstić information content (AvgIpc) is 3.05. The van der Waals surface area contributed by atoms with Gasteiger partial charge in [-0.05, 0) is 23.8 Å². The van der Waals surface area contributed by atoms with Crippen molar-refractivity contribution in [3.05, 3.63) is 59.7 Å². The number of hydrogen-bond donors (Lipinski definition) is 0. The van der Waals surface area contributed by atoms with Crippen molar-refractivity contribution in [3.63, 3.8) is 0 Å². The second-order valence-corrected chi connectivity index (χ2v) is 5.99. The van der Waals surface area contributed by atoms with Gasteiger partial charge in [0, 0.05) is 19.5 Å². The van der Waals surface area contributed by atoms with E-state index in [9.17, 15) is 4.79 Å². The number of ether oxygens (including phenoxy) is 1. The lowest BCUT2D eigenvalue weighted by atomic mass is 9.93. The smallest absolute Gasteiger partial charge is 0.230 e. The highest BCUT2D eigenvalue weighted by Gasteiger charge is 2.57. The molecule has 3 aliphatic heterocycles. The summed E-state index contributed by atoms with van der Waals surface area (Å²) in [5.74, 6) is 1.49. The molecule has 1 spiro atoms. The van der Waals surface area contributed by atoms with Crippen LogP contribution >= 0.6 is 0 Å². The Balaban J connectivity index is 1.67. The van der Waals surface area contributed by atoms with Crippen molar-refractivity contribution in [2.24, 2.45) is 4.99 Å². The zero-order chi connectivity index (χ0) is 14.7. The predicted octanol–water partition coefficient (Wildman–Crippen LogP) is 2.95. The highest BCUT2D eigenvalue weighted by molar-refractivity contribution is 6.23. The first kappa shape index (κ1) is 12.0. The quantitative estimate of drug-likeness (QED) is 0.749. The van der Waals surface area contributed by atoms with E-state index in [4.69, 9.17) is 9.73 Å². The van der Waals surface area contributed by atoms with Crippen LogP contribution in [0.1, 0.15) is 22.3 Å². The Kier molecular flexibility index (Phi) is 2.16. The number of ketones is 1. The molecule has 4 heteroatoms. The molecule has 0 bridgehead atoms. The molecule has 0 aromatic heterocycles. The van der Waals surface area contributed by atoms with Crippen molar-refractivity contribution < 1.29 is 9.53 Å². The third-order valence-corrected chi connectivity index (χ3v) is 4.76. The Morgan fingerprint density at radius 3 is 2.82 bits per heavy atom. The minimum absolute atomic E-state index is 0.0451. The lowest BCUT2D eigenvalue weighted by Crippen LogP contribution is -2.48. The maximum atomic E-state index is 13.0. The number of carbonyl (C=O) groups excluding carboxylic acids is 1. The molecular weight excluding hydrogens is 276 g/mol. The first-order valence-corrected chi connectivity index (χ1v) is 7.53. The van der Waals surface area contributed by atoms with Crippen molar-refractivity contribution >= 4 is 17.3 Å². The molecule has 1 atom stereocenters. The predicted molar refractivity (Wildman–Crippen MR) is 82.7 cm³/mol. The number of hydrogen-bond acceptors (Lipinski definition) is 4. The van der Waals surface area contributed by atoms with Gasteiger partial charge in [-0.3, -0.25) is 4.79 Å². The molecule has 3 heterocycles. The Labute approximate surface area is 128 Å². The summed E-state index contributed by atoms with van der Waals surface area (Å²) < 4.78 is 6.13. The van der Waals surface area contributed by atoms with Gasteiger partial charge >= 0.3 is 0 Å². The van der Waals surface area contributed by atoms with Crippen molar-refractivity contribution in [2.75, 3.05) is 6.54 Å². The van der Waals surface area contributed by atoms with Crippen molar-refractivity contribution in [1.82, 2.24) is 4.90 Å². The summed E-state index contributed by atoms with van der Waals surface area (Å²) in [6, 6.07) is 15.6. The molecule has 1 fully saturated rings. The van der Waals surface area contributed by atoms with E-state index >= 15 is 0 Å². The molecule has 5 rings (SSSR count). The van der Waals surface area contributed by atoms with Crippen LogP contribution < -0.4 is 4.74 Å². The topological polar surface area (TPSA) is 41.9 Å². The Bertz CT molecular complexity index is 842. The van der Waals surface area contributed by atoms with Gasteiger partial charge in [0.05, 0.1) is 11.3 Å². The van der Waals surface area contributed by atoms with E-state index in [2.05, 4.69) is 11.0 Å². The van der Waals surface area contributed by atoms with Crippen LogP contribution in [0.5, 0.6) is 5.75 Å². The summed E-state index contributed by atoms with van der Waals surface area (Å²) in [6.07, 6.45) is 0.660. The fourth-order valence-corrected chi connectivity index (χ4v) is 3.66. The number of amidine groups is 1. The van der Waals surface area contributed by atoms with E-state index in [1.165, 1.54) is 5.56 Å². The normalized spacial score (nSPS) is 24.6. The second-order valence-electron chi connectivity index (χ2n) is 5.99. The zero-order valence-electron chi connectivity index (χ0n) is 12.0. The maximum absolute atomic E-state index is 13.0. The number of carbonyl (C=O) groups is 1. The first-order valence-electron chi connectivity index (χ1n) is 7.53. The van der Waals surface area contributed by atoms with Crippen LogP contribution in [0.2, 0.25) is 0 Å². The maximum Gasteiger partial charge on any atom is 0.230 e. The number of fused-ring (bicyclic) bond motifs is 4. The van der Waals surface area contributed by atoms with E-state index < -0.39 is 5.60 Å². The highest BCUT2D eigenvalue weighted by Crippen LogP contribution is 2.44. The lowest BCUT2D eigenvalue weighted by molar-refractivity contribution is 0.0764. The van der Waals surface area contributed by atoms with Gasteiger partial charge in [0.1, 0.15) is 5.75 Å². The van der Waals surface area contributed by atoms with Gasteiger partial charge in [0.25, 0.3) is 0 Å². The van der Waals surface area contributed by atoms with Gasteiger partial charge in [0.15, 0.2) is 5.84 Å². The summed E-state index contributed by atoms with van der Waals surface area (Å²) in [7, 11) is 0. The Morgan fingerprint density at radius 2 is 1.91 bits per heavy atom. The van der Waals surface area contributed by atoms with Crippen molar-refractivity contribution in [1.29, 1.82) is 0 Å². The molecule has 2 aromatic carbocycles. The zero-order valence-corrected chi connectivity index (χ0v) is 12.0. The molecule has 22 heavy (non-hydrogen) atoms. The summed E-state index contributed by atoms with van der Waals surface area (Å²) in [5, 5.41) is 0. The van der Waals surface area contributed by atoms with E-state index in [1.54, 1.807) is 0 Å². The van der Waals surface area contributed by atoms with E-state index in [0.717, 1.165) is 24.6 Å². The molecule has 0 N–H and O–H groups in total. The standard InChI is InChI=1S/C18H14N2O2/c21-16-13-6-2-4-8-15(13)22-18(16)9-10-20-11-12-5-1-3-7-14(12)19-17(18)20/h1-8H,9-11H2/t18-/m1/s1. The molecule has 2 aromatic rings. The minimum Gasteiger partial charge on any atom is -0.470 e. The van der Waals surface area contributed by atoms with Gasteiger partial charge in [-0.2, -0.15) is 0 Å². The third-order valence-electron chi connectivity index (χ3n) is 4.76. The van der Waals surface area contributed by atoms with E-state index in [1.807, 2.05) is 42.5 Å². The molecule has 0 radical (unpaired) electrons. The largest absolute Gasteiger partial charge is 0.470 e. The van der Waals surface area contributed by atoms with Crippen LogP contribution in [-0.4, -0.2) is 28.7 Å². The van der Waals surface area contributed by atoms with Crippen LogP contribution in [0.3, 0.4) is 0 Å². The van der Waals surface area contributed by atoms with Crippen LogP contribution in [0.25, 0.3) is 0 Å². The number of Topliss-reactive ketones (excluding diaryl/α,β-unsaturated/α-hetero) is 1. The average molecular weight is 290 g/mol. The number of para-hydroxylation sites is 2. The van der Waals surface area contributed by atoms with Crippen LogP contribution in [0, 0.1) is 0 Å². The molecule has 3 aliphatic rings. The van der Waals surface area contributed by atoms with Gasteiger partial charge in [0.2, 0.25) is 11.4 Å². The number of benzene rings is 2. The molecule has 108 valence electrons. The summed E-state index contributed by atoms with van der Waals surface area (Å²) in [5.41, 5.74) is 1.90. The molecule has 0 saturated carbocycles. The number of aliphatic imine (C=N–C) groups is 1. The van der Waals surface area contributed by atoms with Gasteiger partial charge in [-0.25, -0.2) is 4.99 Å². The lowest BCUT2D eigenvalue weighted by Gasteiger charge is -2.29. The fourth-order valence-electron chi connectivity index (χ4n) is 3.66. The summed E-state index contributed by atoms with van der Waals surface area (Å²) in [4.78, 5) is 19.9. The SMILES string of the molecule is O=C1c2ccccc2O[C@]12CCN1Cc3ccccc3N=C12. The number of nitrogens with zero attached hydrogens (tertiary/aromatic N) is 2. The molecule has 0 unspecified atom stereocenters. The molecular formula is C18H14N2O2. The highest BCUT2D eigenvalue weighted by atomic mass is 16.5. The third kappa shape index (κ3) is 1.37. The second kappa shape index (κ2) is 3.97. The molecule has 4 nitrogen and oxygen atoms in total. The van der Waals surface area contributed by atoms with Gasteiger partial charge < -0.3 is 9.64 Å². The molecule has 0 aliphatic carbocycles. The van der Waals surface area contributed by atoms with Crippen molar-refractivity contribution in [3.8, 4) is 5.75 Å². The van der Waals surface area contributed by atoms with Gasteiger partial charge in [-0.15, -0.1) is 0 Å². The Hall–Kier alpha value is -2.62. The van der Waals surface area contributed by atoms with E-state index in [-0.39, 0.29) is 5.78 Å². The van der Waals surface area contributed by atoms with Crippen molar-refractivity contribution in [2.45, 2.75) is 18.6 Å². The summed E-state index contributed by atoms with van der Waals surface area (Å²) in [6.45, 7) is 1.59. The monoisotopic (exact) mass is 290 g/mol. The molecule has 0 amide bonds. The van der Waals surface area contributed by atoms with Crippen LogP contribution in [-0.2, 0) is 6.54 Å².